The van der Waals surface area contributed by atoms with E-state index in [0.717, 1.165) is 0 Å². The molecule has 0 heterocycles. The SMILES string of the molecule is COc1ccc(C(O)C(O)CCS)cc1Cl. The first-order chi connectivity index (χ1) is 7.60. The topological polar surface area (TPSA) is 49.7 Å². The highest BCUT2D eigenvalue weighted by atomic mass is 35.5. The molecule has 0 saturated heterocycles. The molecule has 0 aliphatic heterocycles. The van der Waals surface area contributed by atoms with Gasteiger partial charge in [0.15, 0.2) is 0 Å². The summed E-state index contributed by atoms with van der Waals surface area (Å²) in [6, 6.07) is 4.93. The summed E-state index contributed by atoms with van der Waals surface area (Å²) in [6.45, 7) is 0. The molecule has 0 spiro atoms. The van der Waals surface area contributed by atoms with E-state index in [0.29, 0.717) is 28.5 Å². The second-order valence-electron chi connectivity index (χ2n) is 3.42. The summed E-state index contributed by atoms with van der Waals surface area (Å²) in [5, 5.41) is 19.9. The first kappa shape index (κ1) is 13.6. The molecule has 0 aliphatic carbocycles. The number of thiol groups is 1. The Morgan fingerprint density at radius 1 is 1.44 bits per heavy atom. The molecule has 0 amide bonds. The number of hydrogen-bond acceptors (Lipinski definition) is 4. The molecule has 0 saturated carbocycles. The van der Waals surface area contributed by atoms with Crippen molar-refractivity contribution in [1.82, 2.24) is 0 Å². The van der Waals surface area contributed by atoms with Gasteiger partial charge in [0.2, 0.25) is 0 Å². The van der Waals surface area contributed by atoms with E-state index in [-0.39, 0.29) is 0 Å². The lowest BCUT2D eigenvalue weighted by Gasteiger charge is -2.18. The summed E-state index contributed by atoms with van der Waals surface area (Å²) in [6.07, 6.45) is -1.36. The molecule has 0 aromatic heterocycles. The molecule has 16 heavy (non-hydrogen) atoms. The summed E-state index contributed by atoms with van der Waals surface area (Å²) in [5.74, 6) is 1.06. The zero-order chi connectivity index (χ0) is 12.1. The van der Waals surface area contributed by atoms with E-state index in [2.05, 4.69) is 12.6 Å². The predicted octanol–water partition coefficient (Wildman–Crippen LogP) is 2.06. The number of aliphatic hydroxyl groups is 2. The van der Waals surface area contributed by atoms with Gasteiger partial charge in [-0.1, -0.05) is 17.7 Å². The van der Waals surface area contributed by atoms with Gasteiger partial charge >= 0.3 is 0 Å². The highest BCUT2D eigenvalue weighted by molar-refractivity contribution is 7.80. The number of hydrogen-bond donors (Lipinski definition) is 3. The van der Waals surface area contributed by atoms with Crippen molar-refractivity contribution in [2.24, 2.45) is 0 Å². The Labute approximate surface area is 105 Å². The van der Waals surface area contributed by atoms with Crippen molar-refractivity contribution in [2.75, 3.05) is 12.9 Å². The van der Waals surface area contributed by atoms with Gasteiger partial charge < -0.3 is 14.9 Å². The summed E-state index contributed by atoms with van der Waals surface area (Å²) < 4.78 is 5.00. The number of halogens is 1. The standard InChI is InChI=1S/C11H15ClO3S/c1-15-10-3-2-7(6-8(10)12)11(14)9(13)4-5-16/h2-3,6,9,11,13-14,16H,4-5H2,1H3. The second kappa shape index (κ2) is 6.35. The molecule has 0 bridgehead atoms. The van der Waals surface area contributed by atoms with Crippen LogP contribution < -0.4 is 4.74 Å². The first-order valence-corrected chi connectivity index (χ1v) is 5.91. The van der Waals surface area contributed by atoms with Crippen LogP contribution in [0.25, 0.3) is 0 Å². The van der Waals surface area contributed by atoms with E-state index in [1.165, 1.54) is 7.11 Å². The fraction of sp³-hybridized carbons (Fsp3) is 0.455. The van der Waals surface area contributed by atoms with Crippen LogP contribution in [-0.4, -0.2) is 29.2 Å². The second-order valence-corrected chi connectivity index (χ2v) is 4.27. The molecular weight excluding hydrogens is 248 g/mol. The molecule has 1 aromatic carbocycles. The van der Waals surface area contributed by atoms with Crippen molar-refractivity contribution in [3.8, 4) is 5.75 Å². The maximum atomic E-state index is 9.82. The van der Waals surface area contributed by atoms with Gasteiger partial charge in [-0.3, -0.25) is 0 Å². The Kier molecular flexibility index (Phi) is 5.41. The third-order valence-corrected chi connectivity index (χ3v) is 2.86. The minimum absolute atomic E-state index is 0.414. The molecular formula is C11H15ClO3S. The Morgan fingerprint density at radius 2 is 2.12 bits per heavy atom. The molecule has 1 aromatic rings. The summed E-state index contributed by atoms with van der Waals surface area (Å²) in [4.78, 5) is 0. The average molecular weight is 263 g/mol. The number of rotatable bonds is 5. The van der Waals surface area contributed by atoms with E-state index in [4.69, 9.17) is 16.3 Å². The molecule has 2 atom stereocenters. The molecule has 3 nitrogen and oxygen atoms in total. The maximum absolute atomic E-state index is 9.82. The molecule has 1 rings (SSSR count). The van der Waals surface area contributed by atoms with Gasteiger partial charge in [-0.25, -0.2) is 0 Å². The zero-order valence-electron chi connectivity index (χ0n) is 8.93. The molecule has 2 unspecified atom stereocenters. The normalized spacial score (nSPS) is 14.6. The number of aliphatic hydroxyl groups excluding tert-OH is 2. The number of ether oxygens (including phenoxy) is 1. The quantitative estimate of drug-likeness (QED) is 0.712. The fourth-order valence-corrected chi connectivity index (χ4v) is 1.91. The van der Waals surface area contributed by atoms with E-state index in [9.17, 15) is 10.2 Å². The largest absolute Gasteiger partial charge is 0.495 e. The van der Waals surface area contributed by atoms with Gasteiger partial charge in [0, 0.05) is 0 Å². The molecule has 90 valence electrons. The van der Waals surface area contributed by atoms with Gasteiger partial charge in [0.1, 0.15) is 11.9 Å². The Hall–Kier alpha value is -0.420. The van der Waals surface area contributed by atoms with Crippen LogP contribution >= 0.6 is 24.2 Å². The van der Waals surface area contributed by atoms with Crippen molar-refractivity contribution in [2.45, 2.75) is 18.6 Å². The minimum atomic E-state index is -0.949. The Balaban J connectivity index is 2.84. The molecule has 0 radical (unpaired) electrons. The number of benzene rings is 1. The van der Waals surface area contributed by atoms with Crippen LogP contribution in [0.3, 0.4) is 0 Å². The number of methoxy groups -OCH3 is 1. The van der Waals surface area contributed by atoms with Crippen molar-refractivity contribution in [1.29, 1.82) is 0 Å². The lowest BCUT2D eigenvalue weighted by atomic mass is 10.0. The zero-order valence-corrected chi connectivity index (χ0v) is 10.6. The van der Waals surface area contributed by atoms with Crippen molar-refractivity contribution in [3.63, 3.8) is 0 Å². The monoisotopic (exact) mass is 262 g/mol. The summed E-state index contributed by atoms with van der Waals surface area (Å²) in [7, 11) is 1.52. The first-order valence-electron chi connectivity index (χ1n) is 4.90. The molecule has 5 heteroatoms. The van der Waals surface area contributed by atoms with Crippen molar-refractivity contribution < 1.29 is 14.9 Å². The fourth-order valence-electron chi connectivity index (χ4n) is 1.38. The van der Waals surface area contributed by atoms with Crippen LogP contribution in [0.4, 0.5) is 0 Å². The molecule has 0 fully saturated rings. The maximum Gasteiger partial charge on any atom is 0.137 e. The Bertz CT molecular complexity index is 346. The van der Waals surface area contributed by atoms with Crippen LogP contribution in [0.15, 0.2) is 18.2 Å². The Morgan fingerprint density at radius 3 is 2.62 bits per heavy atom. The van der Waals surface area contributed by atoms with Crippen LogP contribution in [-0.2, 0) is 0 Å². The minimum Gasteiger partial charge on any atom is -0.495 e. The van der Waals surface area contributed by atoms with E-state index in [1.807, 2.05) is 0 Å². The summed E-state index contributed by atoms with van der Waals surface area (Å²) in [5.41, 5.74) is 0.570. The van der Waals surface area contributed by atoms with E-state index < -0.39 is 12.2 Å². The lowest BCUT2D eigenvalue weighted by molar-refractivity contribution is 0.0172. The highest BCUT2D eigenvalue weighted by Crippen LogP contribution is 2.29. The van der Waals surface area contributed by atoms with Crippen LogP contribution in [0.5, 0.6) is 5.75 Å². The highest BCUT2D eigenvalue weighted by Gasteiger charge is 2.18. The van der Waals surface area contributed by atoms with Gasteiger partial charge in [-0.15, -0.1) is 0 Å². The van der Waals surface area contributed by atoms with Crippen molar-refractivity contribution >= 4 is 24.2 Å². The predicted molar refractivity (Wildman–Crippen MR) is 67.4 cm³/mol. The van der Waals surface area contributed by atoms with Gasteiger partial charge in [-0.2, -0.15) is 12.6 Å². The third-order valence-electron chi connectivity index (χ3n) is 2.31. The summed E-state index contributed by atoms with van der Waals surface area (Å²) >= 11 is 9.92. The van der Waals surface area contributed by atoms with Crippen LogP contribution in [0.1, 0.15) is 18.1 Å². The van der Waals surface area contributed by atoms with Crippen LogP contribution in [0.2, 0.25) is 5.02 Å². The third kappa shape index (κ3) is 3.28. The lowest BCUT2D eigenvalue weighted by Crippen LogP contribution is -2.18. The van der Waals surface area contributed by atoms with Gasteiger partial charge in [-0.05, 0) is 29.9 Å². The van der Waals surface area contributed by atoms with Crippen LogP contribution in [0, 0.1) is 0 Å². The van der Waals surface area contributed by atoms with Gasteiger partial charge in [0.25, 0.3) is 0 Å². The van der Waals surface area contributed by atoms with Crippen molar-refractivity contribution in [3.05, 3.63) is 28.8 Å². The molecule has 2 N–H and O–H groups in total. The smallest absolute Gasteiger partial charge is 0.137 e. The van der Waals surface area contributed by atoms with E-state index in [1.54, 1.807) is 18.2 Å². The average Bonchev–Trinajstić information content (AvgIpc) is 2.28. The van der Waals surface area contributed by atoms with E-state index >= 15 is 0 Å². The molecule has 0 aliphatic rings. The van der Waals surface area contributed by atoms with Gasteiger partial charge in [0.05, 0.1) is 18.2 Å².